The first-order valence-corrected chi connectivity index (χ1v) is 10.0. The molecule has 0 aliphatic carbocycles. The van der Waals surface area contributed by atoms with Gasteiger partial charge in [-0.25, -0.2) is 0 Å². The van der Waals surface area contributed by atoms with Crippen LogP contribution in [-0.4, -0.2) is 18.5 Å². The predicted molar refractivity (Wildman–Crippen MR) is 105 cm³/mol. The molecule has 0 aromatic heterocycles. The molecule has 7 heteroatoms. The standard InChI is InChI=1S/C19H25Cl3O4/c1-3-5-7-13(4-2)12-25-17(23)8-6-9-18(24)26-16-11-14(20)10-15(21)19(16)22/h10-11,13H,3-9,12H2,1-2H3. The van der Waals surface area contributed by atoms with Crippen molar-refractivity contribution in [3.8, 4) is 5.75 Å². The summed E-state index contributed by atoms with van der Waals surface area (Å²) >= 11 is 17.7. The molecule has 1 unspecified atom stereocenters. The molecule has 146 valence electrons. The predicted octanol–water partition coefficient (Wildman–Crippen LogP) is 6.48. The van der Waals surface area contributed by atoms with E-state index in [1.165, 1.54) is 12.1 Å². The lowest BCUT2D eigenvalue weighted by Gasteiger charge is -2.14. The van der Waals surface area contributed by atoms with Gasteiger partial charge in [-0.15, -0.1) is 0 Å². The van der Waals surface area contributed by atoms with Crippen LogP contribution in [0.3, 0.4) is 0 Å². The third-order valence-corrected chi connectivity index (χ3v) is 4.97. The number of ether oxygens (including phenoxy) is 2. The molecule has 0 radical (unpaired) electrons. The van der Waals surface area contributed by atoms with Gasteiger partial charge in [-0.3, -0.25) is 9.59 Å². The summed E-state index contributed by atoms with van der Waals surface area (Å²) in [5.41, 5.74) is 0. The summed E-state index contributed by atoms with van der Waals surface area (Å²) in [6.45, 7) is 4.68. The molecule has 0 spiro atoms. The molecular weight excluding hydrogens is 399 g/mol. The van der Waals surface area contributed by atoms with Crippen molar-refractivity contribution in [2.45, 2.75) is 58.8 Å². The third-order valence-electron chi connectivity index (χ3n) is 3.97. The minimum Gasteiger partial charge on any atom is -0.465 e. The zero-order valence-electron chi connectivity index (χ0n) is 15.2. The fourth-order valence-corrected chi connectivity index (χ4v) is 2.96. The van der Waals surface area contributed by atoms with Gasteiger partial charge >= 0.3 is 11.9 Å². The SMILES string of the molecule is CCCCC(CC)COC(=O)CCCC(=O)Oc1cc(Cl)cc(Cl)c1Cl. The Balaban J connectivity index is 2.32. The van der Waals surface area contributed by atoms with E-state index >= 15 is 0 Å². The van der Waals surface area contributed by atoms with Crippen LogP contribution in [0.1, 0.15) is 58.8 Å². The van der Waals surface area contributed by atoms with Crippen LogP contribution in [0.25, 0.3) is 0 Å². The number of benzene rings is 1. The Morgan fingerprint density at radius 2 is 1.73 bits per heavy atom. The van der Waals surface area contributed by atoms with Gasteiger partial charge in [-0.2, -0.15) is 0 Å². The second-order valence-corrected chi connectivity index (χ2v) is 7.35. The van der Waals surface area contributed by atoms with Crippen LogP contribution in [0.15, 0.2) is 12.1 Å². The maximum atomic E-state index is 11.9. The molecule has 0 amide bonds. The number of esters is 2. The molecule has 1 aromatic carbocycles. The minimum absolute atomic E-state index is 0.0720. The highest BCUT2D eigenvalue weighted by Gasteiger charge is 2.14. The lowest BCUT2D eigenvalue weighted by atomic mass is 10.0. The lowest BCUT2D eigenvalue weighted by molar-refractivity contribution is -0.145. The first kappa shape index (κ1) is 23.1. The van der Waals surface area contributed by atoms with Gasteiger partial charge in [0.15, 0.2) is 5.75 Å². The number of rotatable bonds is 11. The van der Waals surface area contributed by atoms with Crippen molar-refractivity contribution in [1.29, 1.82) is 0 Å². The van der Waals surface area contributed by atoms with Crippen molar-refractivity contribution < 1.29 is 19.1 Å². The second kappa shape index (κ2) is 12.4. The maximum absolute atomic E-state index is 11.9. The van der Waals surface area contributed by atoms with E-state index in [1.807, 2.05) is 0 Å². The van der Waals surface area contributed by atoms with Crippen molar-refractivity contribution in [2.75, 3.05) is 6.61 Å². The Morgan fingerprint density at radius 3 is 2.38 bits per heavy atom. The molecule has 1 atom stereocenters. The van der Waals surface area contributed by atoms with Gasteiger partial charge in [0.2, 0.25) is 0 Å². The monoisotopic (exact) mass is 422 g/mol. The molecule has 0 heterocycles. The van der Waals surface area contributed by atoms with Gasteiger partial charge in [0.1, 0.15) is 5.02 Å². The zero-order chi connectivity index (χ0) is 19.5. The van der Waals surface area contributed by atoms with E-state index in [0.717, 1.165) is 25.7 Å². The highest BCUT2D eigenvalue weighted by Crippen LogP contribution is 2.35. The summed E-state index contributed by atoms with van der Waals surface area (Å²) in [6, 6.07) is 2.88. The molecule has 0 N–H and O–H groups in total. The van der Waals surface area contributed by atoms with Crippen LogP contribution in [0.5, 0.6) is 5.75 Å². The summed E-state index contributed by atoms with van der Waals surface area (Å²) in [5.74, 6) is -0.291. The fourth-order valence-electron chi connectivity index (χ4n) is 2.34. The summed E-state index contributed by atoms with van der Waals surface area (Å²) in [4.78, 5) is 23.7. The summed E-state index contributed by atoms with van der Waals surface area (Å²) in [6.07, 6.45) is 4.91. The van der Waals surface area contributed by atoms with Crippen LogP contribution >= 0.6 is 34.8 Å². The molecule has 0 saturated carbocycles. The minimum atomic E-state index is -0.507. The van der Waals surface area contributed by atoms with Crippen molar-refractivity contribution in [2.24, 2.45) is 5.92 Å². The van der Waals surface area contributed by atoms with Gasteiger partial charge in [-0.1, -0.05) is 67.9 Å². The van der Waals surface area contributed by atoms with Crippen molar-refractivity contribution in [3.05, 3.63) is 27.2 Å². The largest absolute Gasteiger partial charge is 0.465 e. The molecule has 1 rings (SSSR count). The smallest absolute Gasteiger partial charge is 0.311 e. The van der Waals surface area contributed by atoms with Gasteiger partial charge < -0.3 is 9.47 Å². The van der Waals surface area contributed by atoms with Gasteiger partial charge in [-0.05, 0) is 24.8 Å². The van der Waals surface area contributed by atoms with E-state index in [4.69, 9.17) is 44.3 Å². The first-order chi connectivity index (χ1) is 12.4. The molecule has 0 bridgehead atoms. The highest BCUT2D eigenvalue weighted by atomic mass is 35.5. The van der Waals surface area contributed by atoms with Gasteiger partial charge in [0.25, 0.3) is 0 Å². The molecule has 26 heavy (non-hydrogen) atoms. The average Bonchev–Trinajstić information content (AvgIpc) is 2.59. The van der Waals surface area contributed by atoms with E-state index in [-0.39, 0.29) is 34.6 Å². The third kappa shape index (κ3) is 8.61. The summed E-state index contributed by atoms with van der Waals surface area (Å²) in [7, 11) is 0. The number of halogens is 3. The molecule has 1 aromatic rings. The Morgan fingerprint density at radius 1 is 1.04 bits per heavy atom. The molecule has 4 nitrogen and oxygen atoms in total. The van der Waals surface area contributed by atoms with E-state index in [2.05, 4.69) is 13.8 Å². The van der Waals surface area contributed by atoms with Crippen LogP contribution in [-0.2, 0) is 14.3 Å². The fraction of sp³-hybridized carbons (Fsp3) is 0.579. The topological polar surface area (TPSA) is 52.6 Å². The second-order valence-electron chi connectivity index (χ2n) is 6.13. The quantitative estimate of drug-likeness (QED) is 0.232. The van der Waals surface area contributed by atoms with Gasteiger partial charge in [0, 0.05) is 23.9 Å². The summed E-state index contributed by atoms with van der Waals surface area (Å²) in [5, 5.41) is 0.653. The zero-order valence-corrected chi connectivity index (χ0v) is 17.4. The highest BCUT2D eigenvalue weighted by molar-refractivity contribution is 6.44. The van der Waals surface area contributed by atoms with E-state index in [1.54, 1.807) is 0 Å². The van der Waals surface area contributed by atoms with Crippen molar-refractivity contribution in [3.63, 3.8) is 0 Å². The van der Waals surface area contributed by atoms with E-state index in [0.29, 0.717) is 24.0 Å². The summed E-state index contributed by atoms with van der Waals surface area (Å²) < 4.78 is 10.5. The number of carbonyl (C=O) groups is 2. The Hall–Kier alpha value is -0.970. The molecular formula is C19H25Cl3O4. The first-order valence-electron chi connectivity index (χ1n) is 8.88. The normalized spacial score (nSPS) is 11.9. The lowest BCUT2D eigenvalue weighted by Crippen LogP contribution is -2.14. The maximum Gasteiger partial charge on any atom is 0.311 e. The Kier molecular flexibility index (Phi) is 11.0. The average molecular weight is 424 g/mol. The number of carbonyl (C=O) groups excluding carboxylic acids is 2. The van der Waals surface area contributed by atoms with Crippen LogP contribution in [0.2, 0.25) is 15.1 Å². The van der Waals surface area contributed by atoms with Crippen LogP contribution < -0.4 is 4.74 Å². The van der Waals surface area contributed by atoms with E-state index in [9.17, 15) is 9.59 Å². The molecule has 0 aliphatic heterocycles. The number of hydrogen-bond donors (Lipinski definition) is 0. The molecule has 0 aliphatic rings. The molecule has 0 fully saturated rings. The Bertz CT molecular complexity index is 605. The van der Waals surface area contributed by atoms with E-state index < -0.39 is 5.97 Å². The van der Waals surface area contributed by atoms with Crippen LogP contribution in [0, 0.1) is 5.92 Å². The van der Waals surface area contributed by atoms with Crippen molar-refractivity contribution in [1.82, 2.24) is 0 Å². The Labute approximate surface area is 170 Å². The van der Waals surface area contributed by atoms with Gasteiger partial charge in [0.05, 0.1) is 11.6 Å². The number of unbranched alkanes of at least 4 members (excludes halogenated alkanes) is 1. The number of hydrogen-bond acceptors (Lipinski definition) is 4. The van der Waals surface area contributed by atoms with Crippen molar-refractivity contribution >= 4 is 46.7 Å². The molecule has 0 saturated heterocycles. The van der Waals surface area contributed by atoms with Crippen LogP contribution in [0.4, 0.5) is 0 Å².